The summed E-state index contributed by atoms with van der Waals surface area (Å²) in [6.45, 7) is 4.21. The van der Waals surface area contributed by atoms with Gasteiger partial charge in [-0.25, -0.2) is 4.79 Å². The molecule has 0 aliphatic heterocycles. The van der Waals surface area contributed by atoms with Crippen molar-refractivity contribution in [1.82, 2.24) is 9.13 Å². The van der Waals surface area contributed by atoms with Gasteiger partial charge in [0.05, 0.1) is 17.3 Å². The molecule has 0 radical (unpaired) electrons. The first-order valence-electron chi connectivity index (χ1n) is 6.48. The number of carbonyl (C=O) groups is 1. The van der Waals surface area contributed by atoms with Crippen LogP contribution in [-0.4, -0.2) is 20.2 Å². The van der Waals surface area contributed by atoms with Gasteiger partial charge >= 0.3 is 11.7 Å². The summed E-state index contributed by atoms with van der Waals surface area (Å²) in [5.41, 5.74) is 0.143. The molecule has 106 valence electrons. The minimum Gasteiger partial charge on any atom is -0.481 e. The first-order chi connectivity index (χ1) is 9.51. The Kier molecular flexibility index (Phi) is 3.74. The molecule has 0 unspecified atom stereocenters. The van der Waals surface area contributed by atoms with Crippen LogP contribution in [0.1, 0.15) is 19.4 Å². The van der Waals surface area contributed by atoms with E-state index >= 15 is 0 Å². The summed E-state index contributed by atoms with van der Waals surface area (Å²) in [4.78, 5) is 35.5. The van der Waals surface area contributed by atoms with E-state index in [0.29, 0.717) is 23.0 Å². The summed E-state index contributed by atoms with van der Waals surface area (Å²) in [6.07, 6.45) is -0.238. The van der Waals surface area contributed by atoms with E-state index in [-0.39, 0.29) is 18.7 Å². The van der Waals surface area contributed by atoms with E-state index in [2.05, 4.69) is 0 Å². The fourth-order valence-corrected chi connectivity index (χ4v) is 2.42. The van der Waals surface area contributed by atoms with Crippen LogP contribution in [0.2, 0.25) is 0 Å². The monoisotopic (exact) mass is 276 g/mol. The first-order valence-corrected chi connectivity index (χ1v) is 6.48. The van der Waals surface area contributed by atoms with Gasteiger partial charge in [0.15, 0.2) is 0 Å². The highest BCUT2D eigenvalue weighted by molar-refractivity contribution is 5.85. The summed E-state index contributed by atoms with van der Waals surface area (Å²) < 4.78 is 2.63. The predicted molar refractivity (Wildman–Crippen MR) is 75.2 cm³/mol. The van der Waals surface area contributed by atoms with Crippen LogP contribution in [-0.2, 0) is 24.3 Å². The largest absolute Gasteiger partial charge is 0.481 e. The van der Waals surface area contributed by atoms with E-state index in [1.54, 1.807) is 25.1 Å². The molecule has 1 aromatic heterocycles. The van der Waals surface area contributed by atoms with Gasteiger partial charge in [-0.05, 0) is 25.5 Å². The van der Waals surface area contributed by atoms with E-state index in [1.165, 1.54) is 4.57 Å². The van der Waals surface area contributed by atoms with Crippen LogP contribution in [0.15, 0.2) is 27.8 Å². The zero-order valence-corrected chi connectivity index (χ0v) is 11.4. The zero-order chi connectivity index (χ0) is 14.9. The summed E-state index contributed by atoms with van der Waals surface area (Å²) in [7, 11) is 0. The molecule has 6 heteroatoms. The number of carboxylic acids is 1. The van der Waals surface area contributed by atoms with Gasteiger partial charge in [-0.3, -0.25) is 18.7 Å². The Morgan fingerprint density at radius 3 is 2.35 bits per heavy atom. The smallest absolute Gasteiger partial charge is 0.331 e. The van der Waals surface area contributed by atoms with Crippen LogP contribution in [0.4, 0.5) is 0 Å². The molecule has 0 saturated heterocycles. The molecule has 1 aromatic carbocycles. The third-order valence-corrected chi connectivity index (χ3v) is 3.31. The van der Waals surface area contributed by atoms with E-state index < -0.39 is 11.5 Å². The Hall–Kier alpha value is -2.37. The normalized spacial score (nSPS) is 10.9. The van der Waals surface area contributed by atoms with Crippen molar-refractivity contribution in [3.63, 3.8) is 0 Å². The highest BCUT2D eigenvalue weighted by Gasteiger charge is 2.15. The molecular weight excluding hydrogens is 260 g/mol. The maximum atomic E-state index is 12.4. The second kappa shape index (κ2) is 5.32. The summed E-state index contributed by atoms with van der Waals surface area (Å²) >= 11 is 0. The molecular formula is C14H16N2O4. The van der Waals surface area contributed by atoms with Crippen molar-refractivity contribution in [3.8, 4) is 0 Å². The van der Waals surface area contributed by atoms with Gasteiger partial charge in [0, 0.05) is 13.1 Å². The lowest BCUT2D eigenvalue weighted by molar-refractivity contribution is -0.136. The molecule has 1 N–H and O–H groups in total. The second-order valence-electron chi connectivity index (χ2n) is 4.46. The molecule has 0 aliphatic carbocycles. The highest BCUT2D eigenvalue weighted by Crippen LogP contribution is 2.14. The Balaban J connectivity index is 2.98. The Bertz CT molecular complexity index is 786. The lowest BCUT2D eigenvalue weighted by Gasteiger charge is -2.13. The maximum Gasteiger partial charge on any atom is 0.331 e. The molecule has 0 spiro atoms. The third-order valence-electron chi connectivity index (χ3n) is 3.31. The van der Waals surface area contributed by atoms with E-state index in [4.69, 9.17) is 5.11 Å². The van der Waals surface area contributed by atoms with Crippen LogP contribution < -0.4 is 11.2 Å². The maximum absolute atomic E-state index is 12.4. The molecule has 1 heterocycles. The summed E-state index contributed by atoms with van der Waals surface area (Å²) in [6, 6.07) is 4.96. The van der Waals surface area contributed by atoms with Crippen molar-refractivity contribution < 1.29 is 9.90 Å². The van der Waals surface area contributed by atoms with Crippen LogP contribution in [0, 0.1) is 0 Å². The second-order valence-corrected chi connectivity index (χ2v) is 4.46. The first kappa shape index (κ1) is 14.0. The number of rotatable bonds is 4. The van der Waals surface area contributed by atoms with Crippen molar-refractivity contribution in [2.75, 3.05) is 0 Å². The number of nitrogens with zero attached hydrogens (tertiary/aromatic N) is 2. The minimum absolute atomic E-state index is 0.238. The molecule has 0 fully saturated rings. The average Bonchev–Trinajstić information content (AvgIpc) is 2.39. The minimum atomic E-state index is -1.01. The zero-order valence-electron chi connectivity index (χ0n) is 11.4. The Labute approximate surface area is 114 Å². The number of fused-ring (bicyclic) bond motifs is 1. The molecule has 0 bridgehead atoms. The molecule has 20 heavy (non-hydrogen) atoms. The van der Waals surface area contributed by atoms with Gasteiger partial charge in [-0.1, -0.05) is 12.1 Å². The standard InChI is InChI=1S/C14H16N2O4/c1-3-15-10-7-5-6-9(8-11(17)18)12(10)13(19)16(4-2)14(15)20/h5-7H,3-4,8H2,1-2H3,(H,17,18). The molecule has 0 amide bonds. The van der Waals surface area contributed by atoms with Crippen LogP contribution in [0.3, 0.4) is 0 Å². The Morgan fingerprint density at radius 2 is 1.80 bits per heavy atom. The summed E-state index contributed by atoms with van der Waals surface area (Å²) in [5, 5.41) is 9.27. The van der Waals surface area contributed by atoms with Gasteiger partial charge in [0.2, 0.25) is 0 Å². The van der Waals surface area contributed by atoms with Crippen molar-refractivity contribution in [2.45, 2.75) is 33.4 Å². The van der Waals surface area contributed by atoms with Crippen molar-refractivity contribution in [2.24, 2.45) is 0 Å². The van der Waals surface area contributed by atoms with Gasteiger partial charge in [0.1, 0.15) is 0 Å². The topological polar surface area (TPSA) is 81.3 Å². The highest BCUT2D eigenvalue weighted by atomic mass is 16.4. The fraction of sp³-hybridized carbons (Fsp3) is 0.357. The molecule has 6 nitrogen and oxygen atoms in total. The SMILES string of the molecule is CCn1c(=O)c2c(CC(=O)O)cccc2n(CC)c1=O. The van der Waals surface area contributed by atoms with Crippen LogP contribution >= 0.6 is 0 Å². The number of aromatic nitrogens is 2. The third kappa shape index (κ3) is 2.13. The van der Waals surface area contributed by atoms with Gasteiger partial charge in [-0.2, -0.15) is 0 Å². The lowest BCUT2D eigenvalue weighted by atomic mass is 10.1. The van der Waals surface area contributed by atoms with Gasteiger partial charge < -0.3 is 5.11 Å². The summed E-state index contributed by atoms with van der Waals surface area (Å²) in [5.74, 6) is -1.01. The molecule has 2 aromatic rings. The van der Waals surface area contributed by atoms with Gasteiger partial charge in [-0.15, -0.1) is 0 Å². The predicted octanol–water partition coefficient (Wildman–Crippen LogP) is 0.830. The number of hydrogen-bond acceptors (Lipinski definition) is 3. The van der Waals surface area contributed by atoms with E-state index in [0.717, 1.165) is 4.57 Å². The molecule has 2 rings (SSSR count). The average molecular weight is 276 g/mol. The molecule has 0 aliphatic rings. The molecule has 0 atom stereocenters. The number of hydrogen-bond donors (Lipinski definition) is 1. The fourth-order valence-electron chi connectivity index (χ4n) is 2.42. The van der Waals surface area contributed by atoms with E-state index in [9.17, 15) is 14.4 Å². The number of benzene rings is 1. The lowest BCUT2D eigenvalue weighted by Crippen LogP contribution is -2.39. The number of carboxylic acid groups (broad SMARTS) is 1. The van der Waals surface area contributed by atoms with Crippen molar-refractivity contribution >= 4 is 16.9 Å². The number of aryl methyl sites for hydroxylation is 1. The van der Waals surface area contributed by atoms with Crippen molar-refractivity contribution in [3.05, 3.63) is 44.6 Å². The molecule has 0 saturated carbocycles. The van der Waals surface area contributed by atoms with Crippen LogP contribution in [0.25, 0.3) is 10.9 Å². The van der Waals surface area contributed by atoms with Gasteiger partial charge in [0.25, 0.3) is 5.56 Å². The number of aliphatic carboxylic acids is 1. The quantitative estimate of drug-likeness (QED) is 0.896. The van der Waals surface area contributed by atoms with E-state index in [1.807, 2.05) is 6.92 Å². The Morgan fingerprint density at radius 1 is 1.15 bits per heavy atom. The van der Waals surface area contributed by atoms with Crippen molar-refractivity contribution in [1.29, 1.82) is 0 Å². The van der Waals surface area contributed by atoms with Crippen LogP contribution in [0.5, 0.6) is 0 Å².